The van der Waals surface area contributed by atoms with Gasteiger partial charge in [-0.15, -0.1) is 11.3 Å². The van der Waals surface area contributed by atoms with E-state index in [4.69, 9.17) is 4.74 Å². The molecule has 6 heteroatoms. The van der Waals surface area contributed by atoms with Gasteiger partial charge in [0.2, 0.25) is 5.91 Å². The van der Waals surface area contributed by atoms with Crippen LogP contribution in [0.1, 0.15) is 35.0 Å². The first-order valence-corrected chi connectivity index (χ1v) is 7.33. The first-order chi connectivity index (χ1) is 9.01. The van der Waals surface area contributed by atoms with Crippen LogP contribution in [-0.4, -0.2) is 36.7 Å². The van der Waals surface area contributed by atoms with Gasteiger partial charge in [-0.3, -0.25) is 4.79 Å². The highest BCUT2D eigenvalue weighted by Gasteiger charge is 2.30. The topological polar surface area (TPSA) is 63.2 Å². The van der Waals surface area contributed by atoms with E-state index < -0.39 is 0 Å². The maximum absolute atomic E-state index is 12.2. The Kier molecular flexibility index (Phi) is 4.54. The summed E-state index contributed by atoms with van der Waals surface area (Å²) in [4.78, 5) is 17.7. The van der Waals surface area contributed by atoms with E-state index in [1.807, 2.05) is 20.8 Å². The second-order valence-electron chi connectivity index (χ2n) is 4.97. The van der Waals surface area contributed by atoms with Crippen LogP contribution in [0.5, 0.6) is 0 Å². The fraction of sp³-hybridized carbons (Fsp3) is 0.692. The lowest BCUT2D eigenvalue weighted by Crippen LogP contribution is -2.41. The molecule has 1 aliphatic rings. The summed E-state index contributed by atoms with van der Waals surface area (Å²) in [6.07, 6.45) is 0.869. The van der Waals surface area contributed by atoms with Gasteiger partial charge in [0.1, 0.15) is 0 Å². The van der Waals surface area contributed by atoms with Crippen LogP contribution in [0.15, 0.2) is 0 Å². The fourth-order valence-electron chi connectivity index (χ4n) is 2.41. The normalized spacial score (nSPS) is 24.4. The molecule has 1 saturated heterocycles. The van der Waals surface area contributed by atoms with E-state index in [-0.39, 0.29) is 24.1 Å². The molecule has 1 aliphatic heterocycles. The summed E-state index contributed by atoms with van der Waals surface area (Å²) >= 11 is 1.64. The molecule has 0 aromatic carbocycles. The molecule has 3 atom stereocenters. The molecule has 3 unspecified atom stereocenters. The minimum Gasteiger partial charge on any atom is -0.380 e. The van der Waals surface area contributed by atoms with Crippen molar-refractivity contribution in [1.82, 2.24) is 15.6 Å². The van der Waals surface area contributed by atoms with Gasteiger partial charge in [-0.2, -0.15) is 0 Å². The van der Waals surface area contributed by atoms with Gasteiger partial charge >= 0.3 is 0 Å². The molecule has 19 heavy (non-hydrogen) atoms. The van der Waals surface area contributed by atoms with Crippen molar-refractivity contribution in [1.29, 1.82) is 0 Å². The lowest BCUT2D eigenvalue weighted by Gasteiger charge is -2.16. The van der Waals surface area contributed by atoms with Crippen LogP contribution in [-0.2, 0) is 9.53 Å². The van der Waals surface area contributed by atoms with Gasteiger partial charge < -0.3 is 15.4 Å². The van der Waals surface area contributed by atoms with Crippen molar-refractivity contribution in [2.24, 2.45) is 0 Å². The number of methoxy groups -OCH3 is 1. The zero-order valence-electron chi connectivity index (χ0n) is 11.8. The van der Waals surface area contributed by atoms with Crippen LogP contribution < -0.4 is 10.6 Å². The number of nitrogens with zero attached hydrogens (tertiary/aromatic N) is 1. The Hall–Kier alpha value is -0.980. The Bertz CT molecular complexity index is 461. The number of thiazole rings is 1. The molecule has 2 heterocycles. The second kappa shape index (κ2) is 5.98. The molecule has 1 amide bonds. The van der Waals surface area contributed by atoms with Crippen LogP contribution in [0.4, 0.5) is 0 Å². The molecule has 5 nitrogen and oxygen atoms in total. The van der Waals surface area contributed by atoms with Crippen LogP contribution in [0, 0.1) is 13.8 Å². The molecule has 0 bridgehead atoms. The van der Waals surface area contributed by atoms with E-state index >= 15 is 0 Å². The third kappa shape index (κ3) is 3.32. The lowest BCUT2D eigenvalue weighted by atomic mass is 10.1. The van der Waals surface area contributed by atoms with Gasteiger partial charge in [-0.25, -0.2) is 4.98 Å². The zero-order valence-corrected chi connectivity index (χ0v) is 12.6. The number of hydrogen-bond donors (Lipinski definition) is 2. The maximum atomic E-state index is 12.2. The van der Waals surface area contributed by atoms with Crippen molar-refractivity contribution >= 4 is 17.2 Å². The number of hydrogen-bond acceptors (Lipinski definition) is 5. The van der Waals surface area contributed by atoms with E-state index in [1.165, 1.54) is 0 Å². The van der Waals surface area contributed by atoms with E-state index in [0.29, 0.717) is 0 Å². The van der Waals surface area contributed by atoms with Crippen LogP contribution in [0.3, 0.4) is 0 Å². The van der Waals surface area contributed by atoms with Crippen molar-refractivity contribution in [2.75, 3.05) is 13.7 Å². The highest BCUT2D eigenvalue weighted by molar-refractivity contribution is 7.11. The summed E-state index contributed by atoms with van der Waals surface area (Å²) in [6.45, 7) is 6.70. The number of aryl methyl sites for hydroxylation is 2. The van der Waals surface area contributed by atoms with E-state index in [1.54, 1.807) is 18.4 Å². The quantitative estimate of drug-likeness (QED) is 0.874. The maximum Gasteiger partial charge on any atom is 0.237 e. The molecule has 0 saturated carbocycles. The third-order valence-corrected chi connectivity index (χ3v) is 4.69. The third-order valence-electron chi connectivity index (χ3n) is 3.43. The smallest absolute Gasteiger partial charge is 0.237 e. The molecular formula is C13H21N3O2S. The van der Waals surface area contributed by atoms with Gasteiger partial charge in [0.25, 0.3) is 0 Å². The number of ether oxygens (including phenoxy) is 1. The highest BCUT2D eigenvalue weighted by Crippen LogP contribution is 2.24. The number of amides is 1. The van der Waals surface area contributed by atoms with Crippen molar-refractivity contribution in [2.45, 2.75) is 45.4 Å². The summed E-state index contributed by atoms with van der Waals surface area (Å²) in [7, 11) is 1.68. The molecule has 2 N–H and O–H groups in total. The van der Waals surface area contributed by atoms with Crippen molar-refractivity contribution in [3.63, 3.8) is 0 Å². The summed E-state index contributed by atoms with van der Waals surface area (Å²) in [6, 6.07) is -0.149. The molecular weight excluding hydrogens is 262 g/mol. The molecule has 0 radical (unpaired) electrons. The average molecular weight is 283 g/mol. The van der Waals surface area contributed by atoms with Gasteiger partial charge in [-0.1, -0.05) is 0 Å². The lowest BCUT2D eigenvalue weighted by molar-refractivity contribution is -0.123. The van der Waals surface area contributed by atoms with Crippen LogP contribution >= 0.6 is 11.3 Å². The first kappa shape index (κ1) is 14.4. The Balaban J connectivity index is 1.94. The number of nitrogens with one attached hydrogen (secondary N) is 2. The summed E-state index contributed by atoms with van der Waals surface area (Å²) in [5.74, 6) is 0.0394. The second-order valence-corrected chi connectivity index (χ2v) is 6.20. The standard InChI is InChI=1S/C13H21N3O2S/c1-7-12(19-9(3)15-7)8(2)16-13(17)11-5-10(18-4)6-14-11/h8,10-11,14H,5-6H2,1-4H3,(H,16,17). The number of carbonyl (C=O) groups is 1. The predicted molar refractivity (Wildman–Crippen MR) is 75.4 cm³/mol. The predicted octanol–water partition coefficient (Wildman–Crippen LogP) is 1.31. The Morgan fingerprint density at radius 2 is 2.32 bits per heavy atom. The molecule has 106 valence electrons. The minimum absolute atomic E-state index is 0.00194. The van der Waals surface area contributed by atoms with E-state index in [0.717, 1.165) is 28.5 Å². The molecule has 0 spiro atoms. The molecule has 0 aliphatic carbocycles. The first-order valence-electron chi connectivity index (χ1n) is 6.51. The minimum atomic E-state index is -0.151. The summed E-state index contributed by atoms with van der Waals surface area (Å²) < 4.78 is 5.25. The van der Waals surface area contributed by atoms with Crippen LogP contribution in [0.2, 0.25) is 0 Å². The number of carbonyl (C=O) groups excluding carboxylic acids is 1. The van der Waals surface area contributed by atoms with Gasteiger partial charge in [-0.05, 0) is 27.2 Å². The number of aromatic nitrogens is 1. The van der Waals surface area contributed by atoms with Gasteiger partial charge in [0, 0.05) is 18.5 Å². The Morgan fingerprint density at radius 1 is 1.58 bits per heavy atom. The van der Waals surface area contributed by atoms with Crippen molar-refractivity contribution < 1.29 is 9.53 Å². The molecule has 1 aromatic rings. The highest BCUT2D eigenvalue weighted by atomic mass is 32.1. The molecule has 2 rings (SSSR count). The Labute approximate surface area is 117 Å². The Morgan fingerprint density at radius 3 is 2.84 bits per heavy atom. The average Bonchev–Trinajstić information content (AvgIpc) is 2.95. The van der Waals surface area contributed by atoms with E-state index in [2.05, 4.69) is 15.6 Å². The summed E-state index contributed by atoms with van der Waals surface area (Å²) in [5, 5.41) is 7.27. The largest absolute Gasteiger partial charge is 0.380 e. The fourth-order valence-corrected chi connectivity index (χ4v) is 3.34. The monoisotopic (exact) mass is 283 g/mol. The SMILES string of the molecule is COC1CNC(C(=O)NC(C)c2sc(C)nc2C)C1. The van der Waals surface area contributed by atoms with Crippen LogP contribution in [0.25, 0.3) is 0 Å². The van der Waals surface area contributed by atoms with Crippen molar-refractivity contribution in [3.05, 3.63) is 15.6 Å². The van der Waals surface area contributed by atoms with Crippen molar-refractivity contribution in [3.8, 4) is 0 Å². The van der Waals surface area contributed by atoms with Gasteiger partial charge in [0.15, 0.2) is 0 Å². The zero-order chi connectivity index (χ0) is 14.0. The number of rotatable bonds is 4. The molecule has 1 fully saturated rings. The summed E-state index contributed by atoms with van der Waals surface area (Å²) in [5.41, 5.74) is 1.00. The van der Waals surface area contributed by atoms with E-state index in [9.17, 15) is 4.79 Å². The molecule has 1 aromatic heterocycles. The van der Waals surface area contributed by atoms with Gasteiger partial charge in [0.05, 0.1) is 28.9 Å².